The molecule has 2 unspecified atom stereocenters. The number of carbonyl (C=O) groups is 1. The van der Waals surface area contributed by atoms with E-state index >= 15 is 0 Å². The van der Waals surface area contributed by atoms with Gasteiger partial charge in [-0.25, -0.2) is 9.97 Å². The van der Waals surface area contributed by atoms with Crippen LogP contribution in [0.4, 0.5) is 5.82 Å². The first-order valence-electron chi connectivity index (χ1n) is 5.71. The molecule has 4 N–H and O–H groups in total. The molecule has 0 saturated carbocycles. The first kappa shape index (κ1) is 11.8. The molecule has 0 spiro atoms. The summed E-state index contributed by atoms with van der Waals surface area (Å²) in [4.78, 5) is 21.6. The third kappa shape index (κ3) is 2.21. The maximum absolute atomic E-state index is 11.3. The molecule has 2 heterocycles. The van der Waals surface area contributed by atoms with Crippen molar-refractivity contribution in [2.75, 3.05) is 18.0 Å². The number of rotatable bonds is 3. The van der Waals surface area contributed by atoms with E-state index in [1.54, 1.807) is 6.20 Å². The Bertz CT molecular complexity index is 422. The number of aromatic nitrogens is 2. The second-order valence-electron chi connectivity index (χ2n) is 4.43. The maximum Gasteiger partial charge on any atom is 0.271 e. The van der Waals surface area contributed by atoms with E-state index < -0.39 is 5.91 Å². The number of carbonyl (C=O) groups excluding carboxylic acids is 1. The van der Waals surface area contributed by atoms with Gasteiger partial charge in [0.15, 0.2) is 11.5 Å². The van der Waals surface area contributed by atoms with Crippen LogP contribution in [0.5, 0.6) is 0 Å². The first-order valence-corrected chi connectivity index (χ1v) is 5.71. The molecular weight excluding hydrogens is 218 g/mol. The van der Waals surface area contributed by atoms with E-state index in [1.807, 2.05) is 0 Å². The van der Waals surface area contributed by atoms with Crippen molar-refractivity contribution in [1.82, 2.24) is 9.97 Å². The fourth-order valence-corrected chi connectivity index (χ4v) is 2.32. The minimum absolute atomic E-state index is 0.233. The summed E-state index contributed by atoms with van der Waals surface area (Å²) < 4.78 is 0. The van der Waals surface area contributed by atoms with Gasteiger partial charge < -0.3 is 16.4 Å². The summed E-state index contributed by atoms with van der Waals surface area (Å²) in [5.41, 5.74) is 11.2. The molecule has 6 nitrogen and oxygen atoms in total. The minimum atomic E-state index is -0.545. The normalized spacial score (nSPS) is 24.0. The summed E-state index contributed by atoms with van der Waals surface area (Å²) in [6.45, 7) is 3.54. The number of hydrogen-bond acceptors (Lipinski definition) is 5. The lowest BCUT2D eigenvalue weighted by Gasteiger charge is -2.23. The van der Waals surface area contributed by atoms with Crippen LogP contribution in [0.25, 0.3) is 0 Å². The average molecular weight is 235 g/mol. The van der Waals surface area contributed by atoms with E-state index in [0.717, 1.165) is 13.0 Å². The lowest BCUT2D eigenvalue weighted by atomic mass is 10.1. The SMILES string of the molecule is CC1CC(CN)CN1c1nccnc1C(N)=O. The quantitative estimate of drug-likeness (QED) is 0.752. The average Bonchev–Trinajstić information content (AvgIpc) is 2.70. The summed E-state index contributed by atoms with van der Waals surface area (Å²) in [7, 11) is 0. The highest BCUT2D eigenvalue weighted by Gasteiger charge is 2.31. The molecule has 0 aromatic carbocycles. The molecule has 92 valence electrons. The Kier molecular flexibility index (Phi) is 3.23. The monoisotopic (exact) mass is 235 g/mol. The molecule has 1 amide bonds. The van der Waals surface area contributed by atoms with Gasteiger partial charge in [-0.3, -0.25) is 4.79 Å². The molecule has 1 aliphatic heterocycles. The van der Waals surface area contributed by atoms with Crippen molar-refractivity contribution < 1.29 is 4.79 Å². The topological polar surface area (TPSA) is 98.1 Å². The van der Waals surface area contributed by atoms with Crippen LogP contribution in [-0.2, 0) is 0 Å². The Morgan fingerprint density at radius 2 is 2.24 bits per heavy atom. The summed E-state index contributed by atoms with van der Waals surface area (Å²) in [6.07, 6.45) is 4.06. The lowest BCUT2D eigenvalue weighted by molar-refractivity contribution is 0.0995. The van der Waals surface area contributed by atoms with Gasteiger partial charge in [-0.2, -0.15) is 0 Å². The van der Waals surface area contributed by atoms with Crippen LogP contribution in [-0.4, -0.2) is 35.0 Å². The van der Waals surface area contributed by atoms with Crippen LogP contribution < -0.4 is 16.4 Å². The third-order valence-corrected chi connectivity index (χ3v) is 3.18. The fraction of sp³-hybridized carbons (Fsp3) is 0.545. The summed E-state index contributed by atoms with van der Waals surface area (Å²) >= 11 is 0. The fourth-order valence-electron chi connectivity index (χ4n) is 2.32. The van der Waals surface area contributed by atoms with Crippen molar-refractivity contribution in [2.24, 2.45) is 17.4 Å². The second-order valence-corrected chi connectivity index (χ2v) is 4.43. The molecule has 0 bridgehead atoms. The predicted molar refractivity (Wildman–Crippen MR) is 64.5 cm³/mol. The van der Waals surface area contributed by atoms with Crippen molar-refractivity contribution in [3.8, 4) is 0 Å². The van der Waals surface area contributed by atoms with E-state index in [4.69, 9.17) is 11.5 Å². The van der Waals surface area contributed by atoms with Crippen LogP contribution in [0, 0.1) is 5.92 Å². The van der Waals surface area contributed by atoms with Crippen LogP contribution >= 0.6 is 0 Å². The molecular formula is C11H17N5O. The largest absolute Gasteiger partial charge is 0.364 e. The molecule has 0 aliphatic carbocycles. The summed E-state index contributed by atoms with van der Waals surface area (Å²) in [6, 6.07) is 0.304. The standard InChI is InChI=1S/C11H17N5O/c1-7-4-8(5-12)6-16(7)11-9(10(13)17)14-2-3-15-11/h2-3,7-8H,4-6,12H2,1H3,(H2,13,17). The zero-order valence-electron chi connectivity index (χ0n) is 9.84. The lowest BCUT2D eigenvalue weighted by Crippen LogP contribution is -2.31. The Morgan fingerprint density at radius 3 is 2.82 bits per heavy atom. The zero-order valence-corrected chi connectivity index (χ0v) is 9.84. The smallest absolute Gasteiger partial charge is 0.271 e. The summed E-state index contributed by atoms with van der Waals surface area (Å²) in [5.74, 6) is 0.465. The molecule has 1 aromatic heterocycles. The maximum atomic E-state index is 11.3. The Labute approximate surface area is 100 Å². The van der Waals surface area contributed by atoms with Crippen LogP contribution in [0.1, 0.15) is 23.8 Å². The van der Waals surface area contributed by atoms with Crippen molar-refractivity contribution in [1.29, 1.82) is 0 Å². The molecule has 1 aliphatic rings. The van der Waals surface area contributed by atoms with Crippen LogP contribution in [0.15, 0.2) is 12.4 Å². The van der Waals surface area contributed by atoms with Gasteiger partial charge in [0, 0.05) is 25.0 Å². The highest BCUT2D eigenvalue weighted by atomic mass is 16.1. The predicted octanol–water partition coefficient (Wildman–Crippen LogP) is -0.251. The van der Waals surface area contributed by atoms with Crippen molar-refractivity contribution in [2.45, 2.75) is 19.4 Å². The Morgan fingerprint density at radius 1 is 1.53 bits per heavy atom. The molecule has 1 saturated heterocycles. The molecule has 6 heteroatoms. The van der Waals surface area contributed by atoms with Gasteiger partial charge in [0.05, 0.1) is 0 Å². The molecule has 17 heavy (non-hydrogen) atoms. The molecule has 1 fully saturated rings. The van der Waals surface area contributed by atoms with Gasteiger partial charge in [0.2, 0.25) is 0 Å². The van der Waals surface area contributed by atoms with Gasteiger partial charge in [-0.15, -0.1) is 0 Å². The van der Waals surface area contributed by atoms with Crippen LogP contribution in [0.3, 0.4) is 0 Å². The summed E-state index contributed by atoms with van der Waals surface area (Å²) in [5, 5.41) is 0. The van der Waals surface area contributed by atoms with Crippen molar-refractivity contribution in [3.63, 3.8) is 0 Å². The Hall–Kier alpha value is -1.69. The van der Waals surface area contributed by atoms with Crippen molar-refractivity contribution >= 4 is 11.7 Å². The molecule has 1 aromatic rings. The van der Waals surface area contributed by atoms with E-state index in [0.29, 0.717) is 24.3 Å². The number of amides is 1. The number of primary amides is 1. The van der Waals surface area contributed by atoms with E-state index in [2.05, 4.69) is 21.8 Å². The van der Waals surface area contributed by atoms with Gasteiger partial charge in [-0.05, 0) is 25.8 Å². The van der Waals surface area contributed by atoms with E-state index in [9.17, 15) is 4.79 Å². The number of hydrogen-bond donors (Lipinski definition) is 2. The second kappa shape index (κ2) is 4.67. The Balaban J connectivity index is 2.31. The van der Waals surface area contributed by atoms with Gasteiger partial charge in [0.25, 0.3) is 5.91 Å². The minimum Gasteiger partial charge on any atom is -0.364 e. The van der Waals surface area contributed by atoms with Crippen LogP contribution in [0.2, 0.25) is 0 Å². The highest BCUT2D eigenvalue weighted by molar-refractivity contribution is 5.95. The number of anilines is 1. The molecule has 2 atom stereocenters. The number of nitrogens with two attached hydrogens (primary N) is 2. The highest BCUT2D eigenvalue weighted by Crippen LogP contribution is 2.28. The van der Waals surface area contributed by atoms with Gasteiger partial charge >= 0.3 is 0 Å². The first-order chi connectivity index (χ1) is 8.13. The molecule has 2 rings (SSSR count). The third-order valence-electron chi connectivity index (χ3n) is 3.18. The van der Waals surface area contributed by atoms with Gasteiger partial charge in [0.1, 0.15) is 0 Å². The van der Waals surface area contributed by atoms with Crippen molar-refractivity contribution in [3.05, 3.63) is 18.1 Å². The number of nitrogens with zero attached hydrogens (tertiary/aromatic N) is 3. The van der Waals surface area contributed by atoms with Gasteiger partial charge in [-0.1, -0.05) is 0 Å². The zero-order chi connectivity index (χ0) is 12.4. The van der Waals surface area contributed by atoms with E-state index in [1.165, 1.54) is 6.20 Å². The van der Waals surface area contributed by atoms with E-state index in [-0.39, 0.29) is 5.69 Å². The molecule has 0 radical (unpaired) electrons.